The highest BCUT2D eigenvalue weighted by Crippen LogP contribution is 2.29. The Morgan fingerprint density at radius 2 is 2.04 bits per heavy atom. The van der Waals surface area contributed by atoms with Gasteiger partial charge in [-0.2, -0.15) is 15.0 Å². The highest BCUT2D eigenvalue weighted by molar-refractivity contribution is 5.53. The summed E-state index contributed by atoms with van der Waals surface area (Å²) in [6.45, 7) is 4.51. The second-order valence-electron chi connectivity index (χ2n) is 6.85. The van der Waals surface area contributed by atoms with Crippen LogP contribution in [-0.4, -0.2) is 44.7 Å². The fourth-order valence-corrected chi connectivity index (χ4v) is 3.12. The Hall–Kier alpha value is -2.32. The van der Waals surface area contributed by atoms with Gasteiger partial charge in [-0.05, 0) is 43.7 Å². The molecule has 1 atom stereocenters. The number of hydrogen-bond acceptors (Lipinski definition) is 7. The molecule has 0 spiro atoms. The van der Waals surface area contributed by atoms with Crippen molar-refractivity contribution in [1.82, 2.24) is 19.9 Å². The summed E-state index contributed by atoms with van der Waals surface area (Å²) < 4.78 is 13.0. The van der Waals surface area contributed by atoms with E-state index < -0.39 is 0 Å². The molecule has 134 valence electrons. The monoisotopic (exact) mass is 346 g/mol. The van der Waals surface area contributed by atoms with Crippen LogP contribution in [0.4, 0.5) is 22.0 Å². The van der Waals surface area contributed by atoms with Crippen LogP contribution >= 0.6 is 0 Å². The van der Waals surface area contributed by atoms with Gasteiger partial charge >= 0.3 is 0 Å². The molecule has 1 saturated heterocycles. The van der Waals surface area contributed by atoms with Crippen LogP contribution in [0.3, 0.4) is 0 Å². The molecular formula is C17H23FN6O. The average molecular weight is 346 g/mol. The maximum absolute atomic E-state index is 13.0. The van der Waals surface area contributed by atoms with Gasteiger partial charge in [-0.25, -0.2) is 4.39 Å². The number of halogens is 1. The van der Waals surface area contributed by atoms with Crippen LogP contribution in [0.5, 0.6) is 0 Å². The highest BCUT2D eigenvalue weighted by atomic mass is 19.1. The molecule has 0 radical (unpaired) electrons. The Morgan fingerprint density at radius 1 is 1.28 bits per heavy atom. The van der Waals surface area contributed by atoms with Crippen LogP contribution in [0, 0.1) is 11.2 Å². The van der Waals surface area contributed by atoms with E-state index in [-0.39, 0.29) is 23.8 Å². The van der Waals surface area contributed by atoms with E-state index in [9.17, 15) is 9.50 Å². The number of likely N-dealkylation sites (tertiary alicyclic amines) is 1. The number of hydrogen-bond donors (Lipinski definition) is 3. The third kappa shape index (κ3) is 4.61. The van der Waals surface area contributed by atoms with Crippen LogP contribution in [0.2, 0.25) is 0 Å². The first kappa shape index (κ1) is 17.5. The molecule has 1 aromatic heterocycles. The minimum absolute atomic E-state index is 0.0913. The summed E-state index contributed by atoms with van der Waals surface area (Å²) >= 11 is 0. The number of benzene rings is 1. The summed E-state index contributed by atoms with van der Waals surface area (Å²) in [6, 6.07) is 5.92. The number of nitrogens with one attached hydrogen (secondary N) is 1. The molecule has 2 aromatic rings. The van der Waals surface area contributed by atoms with Crippen molar-refractivity contribution in [3.63, 3.8) is 0 Å². The summed E-state index contributed by atoms with van der Waals surface area (Å²) in [5.74, 6) is 0.727. The van der Waals surface area contributed by atoms with Gasteiger partial charge < -0.3 is 16.2 Å². The zero-order chi connectivity index (χ0) is 17.9. The van der Waals surface area contributed by atoms with Crippen molar-refractivity contribution in [3.05, 3.63) is 35.9 Å². The Labute approximate surface area is 146 Å². The van der Waals surface area contributed by atoms with Gasteiger partial charge in [-0.1, -0.05) is 6.92 Å². The van der Waals surface area contributed by atoms with Crippen LogP contribution in [0.1, 0.15) is 25.6 Å². The number of rotatable bonds is 5. The number of piperidine rings is 1. The highest BCUT2D eigenvalue weighted by Gasteiger charge is 2.30. The van der Waals surface area contributed by atoms with Gasteiger partial charge in [0.2, 0.25) is 11.9 Å². The number of nitrogen functional groups attached to an aromatic ring is 1. The lowest BCUT2D eigenvalue weighted by Crippen LogP contribution is -2.43. The van der Waals surface area contributed by atoms with Crippen molar-refractivity contribution < 1.29 is 9.50 Å². The standard InChI is InChI=1S/C17H23FN6O/c1-17(11-25)7-2-8-24(10-17)9-14-21-15(19)23-16(22-14)20-13-5-3-12(18)4-6-13/h3-6,25H,2,7-11H2,1H3,(H3,19,20,21,22,23). The molecule has 1 aromatic carbocycles. The molecule has 2 heterocycles. The quantitative estimate of drug-likeness (QED) is 0.760. The van der Waals surface area contributed by atoms with Crippen molar-refractivity contribution in [2.24, 2.45) is 5.41 Å². The largest absolute Gasteiger partial charge is 0.396 e. The SMILES string of the molecule is CC1(CO)CCCN(Cc2nc(N)nc(Nc3ccc(F)cc3)n2)C1. The fraction of sp³-hybridized carbons (Fsp3) is 0.471. The Bertz CT molecular complexity index is 726. The second kappa shape index (κ2) is 7.28. The van der Waals surface area contributed by atoms with Gasteiger partial charge in [0, 0.05) is 24.3 Å². The lowest BCUT2D eigenvalue weighted by molar-refractivity contribution is 0.0417. The molecule has 0 saturated carbocycles. The van der Waals surface area contributed by atoms with E-state index in [4.69, 9.17) is 5.73 Å². The molecule has 8 heteroatoms. The molecule has 0 aliphatic carbocycles. The molecule has 4 N–H and O–H groups in total. The van der Waals surface area contributed by atoms with E-state index in [1.165, 1.54) is 12.1 Å². The Kier molecular flexibility index (Phi) is 5.10. The number of nitrogens with two attached hydrogens (primary N) is 1. The number of nitrogens with zero attached hydrogens (tertiary/aromatic N) is 4. The van der Waals surface area contributed by atoms with E-state index in [1.807, 2.05) is 0 Å². The topological polar surface area (TPSA) is 100 Å². The third-order valence-electron chi connectivity index (χ3n) is 4.41. The maximum Gasteiger partial charge on any atom is 0.232 e. The summed E-state index contributed by atoms with van der Waals surface area (Å²) in [6.07, 6.45) is 2.04. The molecule has 0 amide bonds. The van der Waals surface area contributed by atoms with Gasteiger partial charge in [-0.15, -0.1) is 0 Å². The summed E-state index contributed by atoms with van der Waals surface area (Å²) in [4.78, 5) is 14.9. The molecule has 0 bridgehead atoms. The molecular weight excluding hydrogens is 323 g/mol. The number of anilines is 3. The van der Waals surface area contributed by atoms with Crippen LogP contribution in [0.25, 0.3) is 0 Å². The smallest absolute Gasteiger partial charge is 0.232 e. The van der Waals surface area contributed by atoms with Crippen molar-refractivity contribution in [3.8, 4) is 0 Å². The van der Waals surface area contributed by atoms with Gasteiger partial charge in [0.15, 0.2) is 0 Å². The minimum atomic E-state index is -0.307. The first-order valence-electron chi connectivity index (χ1n) is 8.32. The van der Waals surface area contributed by atoms with E-state index in [0.717, 1.165) is 25.9 Å². The Morgan fingerprint density at radius 3 is 2.76 bits per heavy atom. The molecule has 1 fully saturated rings. The van der Waals surface area contributed by atoms with E-state index >= 15 is 0 Å². The number of aromatic nitrogens is 3. The van der Waals surface area contributed by atoms with Gasteiger partial charge in [0.25, 0.3) is 0 Å². The van der Waals surface area contributed by atoms with E-state index in [1.54, 1.807) is 12.1 Å². The Balaban J connectivity index is 1.72. The predicted octanol–water partition coefficient (Wildman–Crippen LogP) is 1.93. The normalized spacial score (nSPS) is 21.2. The van der Waals surface area contributed by atoms with E-state index in [0.29, 0.717) is 24.0 Å². The lowest BCUT2D eigenvalue weighted by Gasteiger charge is -2.38. The maximum atomic E-state index is 13.0. The molecule has 3 rings (SSSR count). The van der Waals surface area contributed by atoms with Crippen molar-refractivity contribution in [1.29, 1.82) is 0 Å². The number of aliphatic hydroxyl groups is 1. The summed E-state index contributed by atoms with van der Waals surface area (Å²) in [5.41, 5.74) is 6.38. The third-order valence-corrected chi connectivity index (χ3v) is 4.41. The van der Waals surface area contributed by atoms with Gasteiger partial charge in [0.05, 0.1) is 6.54 Å². The van der Waals surface area contributed by atoms with Crippen LogP contribution in [-0.2, 0) is 6.54 Å². The van der Waals surface area contributed by atoms with Gasteiger partial charge in [-0.3, -0.25) is 4.90 Å². The lowest BCUT2D eigenvalue weighted by atomic mass is 9.83. The average Bonchev–Trinajstić information content (AvgIpc) is 2.56. The molecule has 1 aliphatic rings. The summed E-state index contributed by atoms with van der Waals surface area (Å²) in [5, 5.41) is 12.6. The van der Waals surface area contributed by atoms with Crippen molar-refractivity contribution in [2.75, 3.05) is 30.7 Å². The number of aliphatic hydroxyl groups excluding tert-OH is 1. The molecule has 25 heavy (non-hydrogen) atoms. The predicted molar refractivity (Wildman–Crippen MR) is 93.6 cm³/mol. The second-order valence-corrected chi connectivity index (χ2v) is 6.85. The zero-order valence-corrected chi connectivity index (χ0v) is 14.2. The van der Waals surface area contributed by atoms with Crippen molar-refractivity contribution in [2.45, 2.75) is 26.3 Å². The van der Waals surface area contributed by atoms with Crippen LogP contribution < -0.4 is 11.1 Å². The fourth-order valence-electron chi connectivity index (χ4n) is 3.12. The van der Waals surface area contributed by atoms with E-state index in [2.05, 4.69) is 32.1 Å². The minimum Gasteiger partial charge on any atom is -0.396 e. The van der Waals surface area contributed by atoms with Gasteiger partial charge in [0.1, 0.15) is 11.6 Å². The van der Waals surface area contributed by atoms with Crippen LogP contribution in [0.15, 0.2) is 24.3 Å². The first-order valence-corrected chi connectivity index (χ1v) is 8.32. The zero-order valence-electron chi connectivity index (χ0n) is 14.2. The van der Waals surface area contributed by atoms with Crippen molar-refractivity contribution >= 4 is 17.6 Å². The molecule has 1 aliphatic heterocycles. The first-order chi connectivity index (χ1) is 12.0. The molecule has 7 nitrogen and oxygen atoms in total. The summed E-state index contributed by atoms with van der Waals surface area (Å²) in [7, 11) is 0. The molecule has 1 unspecified atom stereocenters.